The number of rotatable bonds is 7. The second-order valence-electron chi connectivity index (χ2n) is 6.45. The molecule has 1 aliphatic heterocycles. The molecule has 4 nitrogen and oxygen atoms in total. The molecule has 2 atom stereocenters. The number of likely N-dealkylation sites (tertiary alicyclic amines) is 1. The maximum Gasteiger partial charge on any atom is 0.0628 e. The van der Waals surface area contributed by atoms with E-state index in [2.05, 4.69) is 29.2 Å². The fourth-order valence-corrected chi connectivity index (χ4v) is 3.47. The number of nitrogens with one attached hydrogen (secondary N) is 1. The van der Waals surface area contributed by atoms with E-state index >= 15 is 0 Å². The Hall–Kier alpha value is -0.160. The molecule has 106 valence electrons. The van der Waals surface area contributed by atoms with Gasteiger partial charge in [-0.3, -0.25) is 0 Å². The predicted octanol–water partition coefficient (Wildman–Crippen LogP) is 0.230. The largest absolute Gasteiger partial charge is 0.394 e. The molecule has 0 amide bonds. The van der Waals surface area contributed by atoms with Gasteiger partial charge in [-0.2, -0.15) is 0 Å². The van der Waals surface area contributed by atoms with Crippen LogP contribution in [0.3, 0.4) is 0 Å². The Morgan fingerprint density at radius 2 is 2.11 bits per heavy atom. The summed E-state index contributed by atoms with van der Waals surface area (Å²) >= 11 is 0. The molecule has 1 heterocycles. The molecule has 18 heavy (non-hydrogen) atoms. The maximum absolute atomic E-state index is 9.74. The van der Waals surface area contributed by atoms with Crippen LogP contribution >= 0.6 is 0 Å². The molecule has 0 aromatic rings. The summed E-state index contributed by atoms with van der Waals surface area (Å²) in [6.07, 6.45) is 3.85. The van der Waals surface area contributed by atoms with E-state index < -0.39 is 0 Å². The van der Waals surface area contributed by atoms with Crippen molar-refractivity contribution in [2.24, 2.45) is 11.8 Å². The van der Waals surface area contributed by atoms with Crippen LogP contribution in [-0.4, -0.2) is 74.4 Å². The van der Waals surface area contributed by atoms with Gasteiger partial charge >= 0.3 is 0 Å². The highest BCUT2D eigenvalue weighted by molar-refractivity contribution is 5.02. The zero-order valence-electron chi connectivity index (χ0n) is 12.2. The first-order valence-corrected chi connectivity index (χ1v) is 7.26. The summed E-state index contributed by atoms with van der Waals surface area (Å²) in [5, 5.41) is 13.1. The number of likely N-dealkylation sites (N-methyl/N-ethyl adjacent to an activating group) is 2. The van der Waals surface area contributed by atoms with Crippen molar-refractivity contribution in [3.63, 3.8) is 0 Å². The molecule has 0 radical (unpaired) electrons. The zero-order valence-corrected chi connectivity index (χ0v) is 12.2. The Morgan fingerprint density at radius 3 is 2.56 bits per heavy atom. The second-order valence-corrected chi connectivity index (χ2v) is 6.45. The van der Waals surface area contributed by atoms with Crippen molar-refractivity contribution in [2.75, 3.05) is 53.9 Å². The minimum absolute atomic E-state index is 0.0702. The van der Waals surface area contributed by atoms with Gasteiger partial charge in [-0.25, -0.2) is 0 Å². The minimum atomic E-state index is -0.0702. The molecule has 2 aliphatic rings. The van der Waals surface area contributed by atoms with E-state index in [0.29, 0.717) is 5.92 Å². The minimum Gasteiger partial charge on any atom is -0.394 e. The van der Waals surface area contributed by atoms with Gasteiger partial charge in [-0.15, -0.1) is 0 Å². The standard InChI is InChI=1S/C14H29N3O/c1-15-14(11-18,13-4-5-13)10-17(3)9-12-6-7-16(2)8-12/h12-13,15,18H,4-11H2,1-3H3. The van der Waals surface area contributed by atoms with E-state index in [9.17, 15) is 5.11 Å². The zero-order chi connectivity index (χ0) is 13.2. The van der Waals surface area contributed by atoms with Crippen LogP contribution in [0.4, 0.5) is 0 Å². The molecule has 2 N–H and O–H groups in total. The number of hydrogen-bond donors (Lipinski definition) is 2. The summed E-state index contributed by atoms with van der Waals surface area (Å²) in [6, 6.07) is 0. The van der Waals surface area contributed by atoms with Crippen molar-refractivity contribution >= 4 is 0 Å². The third-order valence-electron chi connectivity index (χ3n) is 4.75. The Bertz CT molecular complexity index is 264. The average molecular weight is 255 g/mol. The molecule has 4 heteroatoms. The van der Waals surface area contributed by atoms with Gasteiger partial charge in [0.15, 0.2) is 0 Å². The summed E-state index contributed by atoms with van der Waals surface area (Å²) in [4.78, 5) is 4.83. The lowest BCUT2D eigenvalue weighted by atomic mass is 9.93. The van der Waals surface area contributed by atoms with Crippen LogP contribution in [0.25, 0.3) is 0 Å². The lowest BCUT2D eigenvalue weighted by Crippen LogP contribution is -2.56. The average Bonchev–Trinajstić information content (AvgIpc) is 3.12. The predicted molar refractivity (Wildman–Crippen MR) is 74.7 cm³/mol. The number of aliphatic hydroxyl groups is 1. The van der Waals surface area contributed by atoms with Gasteiger partial charge in [-0.1, -0.05) is 0 Å². The van der Waals surface area contributed by atoms with E-state index in [1.54, 1.807) is 0 Å². The van der Waals surface area contributed by atoms with E-state index in [0.717, 1.165) is 19.0 Å². The summed E-state index contributed by atoms with van der Waals surface area (Å²) in [6.45, 7) is 4.83. The van der Waals surface area contributed by atoms with E-state index in [1.807, 2.05) is 7.05 Å². The molecule has 0 aromatic heterocycles. The van der Waals surface area contributed by atoms with Crippen molar-refractivity contribution in [1.82, 2.24) is 15.1 Å². The smallest absolute Gasteiger partial charge is 0.0628 e. The normalized spacial score (nSPS) is 28.8. The summed E-state index contributed by atoms with van der Waals surface area (Å²) in [5.74, 6) is 1.47. The van der Waals surface area contributed by atoms with E-state index in [4.69, 9.17) is 0 Å². The molecular weight excluding hydrogens is 226 g/mol. The van der Waals surface area contributed by atoms with Gasteiger partial charge in [0.25, 0.3) is 0 Å². The Kier molecular flexibility index (Phi) is 4.64. The van der Waals surface area contributed by atoms with Crippen molar-refractivity contribution in [3.05, 3.63) is 0 Å². The third kappa shape index (κ3) is 3.23. The Labute approximate surface area is 111 Å². The first-order chi connectivity index (χ1) is 8.59. The van der Waals surface area contributed by atoms with Gasteiger partial charge < -0.3 is 20.2 Å². The Balaban J connectivity index is 1.83. The third-order valence-corrected chi connectivity index (χ3v) is 4.75. The number of hydrogen-bond acceptors (Lipinski definition) is 4. The van der Waals surface area contributed by atoms with Gasteiger partial charge in [-0.05, 0) is 58.8 Å². The molecule has 1 saturated carbocycles. The Morgan fingerprint density at radius 1 is 1.39 bits per heavy atom. The summed E-state index contributed by atoms with van der Waals surface area (Å²) < 4.78 is 0. The van der Waals surface area contributed by atoms with Crippen LogP contribution in [-0.2, 0) is 0 Å². The lowest BCUT2D eigenvalue weighted by Gasteiger charge is -2.36. The fraction of sp³-hybridized carbons (Fsp3) is 1.00. The molecule has 0 aromatic carbocycles. The first kappa shape index (κ1) is 14.3. The summed E-state index contributed by atoms with van der Waals surface area (Å²) in [7, 11) is 6.39. The van der Waals surface area contributed by atoms with Crippen molar-refractivity contribution in [3.8, 4) is 0 Å². The monoisotopic (exact) mass is 255 g/mol. The van der Waals surface area contributed by atoms with Crippen molar-refractivity contribution in [2.45, 2.75) is 24.8 Å². The molecule has 0 bridgehead atoms. The van der Waals surface area contributed by atoms with Crippen LogP contribution < -0.4 is 5.32 Å². The second kappa shape index (κ2) is 5.87. The molecule has 2 unspecified atom stereocenters. The van der Waals surface area contributed by atoms with Gasteiger partial charge in [0.2, 0.25) is 0 Å². The highest BCUT2D eigenvalue weighted by atomic mass is 16.3. The van der Waals surface area contributed by atoms with Crippen LogP contribution in [0.5, 0.6) is 0 Å². The molecule has 2 rings (SSSR count). The van der Waals surface area contributed by atoms with Crippen LogP contribution in [0.1, 0.15) is 19.3 Å². The quantitative estimate of drug-likeness (QED) is 0.683. The van der Waals surface area contributed by atoms with Crippen molar-refractivity contribution < 1.29 is 5.11 Å². The van der Waals surface area contributed by atoms with Gasteiger partial charge in [0.1, 0.15) is 0 Å². The fourth-order valence-electron chi connectivity index (χ4n) is 3.47. The molecule has 1 saturated heterocycles. The highest BCUT2D eigenvalue weighted by Crippen LogP contribution is 2.39. The number of aliphatic hydroxyl groups excluding tert-OH is 1. The summed E-state index contributed by atoms with van der Waals surface area (Å²) in [5.41, 5.74) is -0.0702. The van der Waals surface area contributed by atoms with E-state index in [-0.39, 0.29) is 12.1 Å². The van der Waals surface area contributed by atoms with E-state index in [1.165, 1.54) is 32.4 Å². The molecular formula is C14H29N3O. The van der Waals surface area contributed by atoms with Crippen LogP contribution in [0.2, 0.25) is 0 Å². The van der Waals surface area contributed by atoms with Gasteiger partial charge in [0, 0.05) is 19.6 Å². The molecule has 1 aliphatic carbocycles. The topological polar surface area (TPSA) is 38.7 Å². The molecule has 0 spiro atoms. The lowest BCUT2D eigenvalue weighted by molar-refractivity contribution is 0.101. The van der Waals surface area contributed by atoms with Crippen molar-refractivity contribution in [1.29, 1.82) is 0 Å². The SMILES string of the molecule is CNC(CO)(CN(C)CC1CCN(C)C1)C1CC1. The van der Waals surface area contributed by atoms with Gasteiger partial charge in [0.05, 0.1) is 12.1 Å². The van der Waals surface area contributed by atoms with Crippen LogP contribution in [0, 0.1) is 11.8 Å². The number of nitrogens with zero attached hydrogens (tertiary/aromatic N) is 2. The maximum atomic E-state index is 9.74. The molecule has 2 fully saturated rings. The highest BCUT2D eigenvalue weighted by Gasteiger charge is 2.44. The van der Waals surface area contributed by atoms with Crippen LogP contribution in [0.15, 0.2) is 0 Å². The first-order valence-electron chi connectivity index (χ1n) is 7.26.